The Labute approximate surface area is 135 Å². The van der Waals surface area contributed by atoms with E-state index in [-0.39, 0.29) is 0 Å². The third-order valence-corrected chi connectivity index (χ3v) is 4.47. The van der Waals surface area contributed by atoms with Crippen molar-refractivity contribution in [1.29, 1.82) is 0 Å². The Morgan fingerprint density at radius 1 is 1.43 bits per heavy atom. The van der Waals surface area contributed by atoms with Crippen LogP contribution in [0.3, 0.4) is 0 Å². The maximum atomic E-state index is 11.3. The molecule has 0 radical (unpaired) electrons. The van der Waals surface area contributed by atoms with E-state index in [9.17, 15) is 9.90 Å². The average Bonchev–Trinajstić information content (AvgIpc) is 2.90. The molecule has 0 aliphatic carbocycles. The summed E-state index contributed by atoms with van der Waals surface area (Å²) in [5.74, 6) is -0.199. The van der Waals surface area contributed by atoms with Crippen molar-refractivity contribution < 1.29 is 14.6 Å². The number of benzene rings is 1. The summed E-state index contributed by atoms with van der Waals surface area (Å²) in [4.78, 5) is 16.0. The molecule has 0 bridgehead atoms. The van der Waals surface area contributed by atoms with E-state index in [0.29, 0.717) is 28.6 Å². The third kappa shape index (κ3) is 3.63. The number of thiazole rings is 1. The number of hydrogen-bond donors (Lipinski definition) is 1. The Morgan fingerprint density at radius 3 is 2.76 bits per heavy atom. The van der Waals surface area contributed by atoms with Crippen molar-refractivity contribution in [2.45, 2.75) is 26.7 Å². The van der Waals surface area contributed by atoms with Gasteiger partial charge in [-0.2, -0.15) is 0 Å². The molecule has 0 unspecified atom stereocenters. The van der Waals surface area contributed by atoms with Crippen molar-refractivity contribution in [3.8, 4) is 16.3 Å². The molecule has 0 atom stereocenters. The highest BCUT2D eigenvalue weighted by atomic mass is 79.9. The number of hydrogen-bond acceptors (Lipinski definition) is 4. The van der Waals surface area contributed by atoms with E-state index < -0.39 is 5.97 Å². The number of rotatable bonds is 6. The van der Waals surface area contributed by atoms with E-state index in [2.05, 4.69) is 20.9 Å². The topological polar surface area (TPSA) is 59.4 Å². The lowest BCUT2D eigenvalue weighted by Gasteiger charge is -2.09. The monoisotopic (exact) mass is 369 g/mol. The first-order valence-electron chi connectivity index (χ1n) is 6.72. The van der Waals surface area contributed by atoms with Crippen molar-refractivity contribution in [3.63, 3.8) is 0 Å². The molecule has 0 spiro atoms. The van der Waals surface area contributed by atoms with Crippen molar-refractivity contribution in [2.75, 3.05) is 6.61 Å². The number of carbonyl (C=O) groups is 1. The van der Waals surface area contributed by atoms with Crippen LogP contribution >= 0.6 is 27.3 Å². The van der Waals surface area contributed by atoms with Crippen LogP contribution in [0.4, 0.5) is 0 Å². The highest BCUT2D eigenvalue weighted by Gasteiger charge is 2.19. The van der Waals surface area contributed by atoms with Crippen LogP contribution < -0.4 is 4.74 Å². The fraction of sp³-hybridized carbons (Fsp3) is 0.333. The number of carboxylic acids is 1. The number of aryl methyl sites for hydroxylation is 1. The molecule has 2 aromatic rings. The number of aromatic nitrogens is 1. The first kappa shape index (κ1) is 16.0. The van der Waals surface area contributed by atoms with Gasteiger partial charge >= 0.3 is 5.97 Å². The molecule has 112 valence electrons. The quantitative estimate of drug-likeness (QED) is 0.806. The molecule has 1 aromatic heterocycles. The van der Waals surface area contributed by atoms with Gasteiger partial charge in [-0.25, -0.2) is 9.78 Å². The van der Waals surface area contributed by atoms with Gasteiger partial charge < -0.3 is 9.84 Å². The number of aromatic carboxylic acids is 1. The Kier molecular flexibility index (Phi) is 5.36. The van der Waals surface area contributed by atoms with E-state index >= 15 is 0 Å². The second kappa shape index (κ2) is 7.04. The lowest BCUT2D eigenvalue weighted by Crippen LogP contribution is -1.97. The maximum absolute atomic E-state index is 11.3. The minimum atomic E-state index is -0.929. The molecule has 1 N–H and O–H groups in total. The minimum absolute atomic E-state index is 0.300. The van der Waals surface area contributed by atoms with Crippen molar-refractivity contribution in [2.24, 2.45) is 0 Å². The fourth-order valence-corrected chi connectivity index (χ4v) is 3.26. The van der Waals surface area contributed by atoms with Crippen LogP contribution in [0.5, 0.6) is 5.75 Å². The number of nitrogens with zero attached hydrogens (tertiary/aromatic N) is 1. The second-order valence-corrected chi connectivity index (χ2v) is 6.36. The van der Waals surface area contributed by atoms with Crippen LogP contribution in [0.25, 0.3) is 10.6 Å². The molecule has 0 aliphatic heterocycles. The zero-order valence-electron chi connectivity index (χ0n) is 11.9. The van der Waals surface area contributed by atoms with Gasteiger partial charge in [0.1, 0.15) is 15.6 Å². The Bertz CT molecular complexity index is 654. The number of halogens is 1. The van der Waals surface area contributed by atoms with Crippen molar-refractivity contribution in [3.05, 3.63) is 33.2 Å². The molecule has 1 heterocycles. The first-order valence-corrected chi connectivity index (χ1v) is 8.33. The molecule has 0 aliphatic rings. The standard InChI is InChI=1S/C15H16BrNO3S/c1-3-7-20-12-6-5-9(16)8-10(12)14-17-11(4-2)13(21-14)15(18)19/h5-6,8H,3-4,7H2,1-2H3,(H,18,19). The average molecular weight is 370 g/mol. The summed E-state index contributed by atoms with van der Waals surface area (Å²) in [5, 5.41) is 9.93. The van der Waals surface area contributed by atoms with Crippen molar-refractivity contribution >= 4 is 33.2 Å². The van der Waals surface area contributed by atoms with E-state index in [0.717, 1.165) is 22.2 Å². The van der Waals surface area contributed by atoms with Gasteiger partial charge in [-0.15, -0.1) is 11.3 Å². The third-order valence-electron chi connectivity index (χ3n) is 2.86. The zero-order chi connectivity index (χ0) is 15.4. The smallest absolute Gasteiger partial charge is 0.347 e. The zero-order valence-corrected chi connectivity index (χ0v) is 14.3. The summed E-state index contributed by atoms with van der Waals surface area (Å²) < 4.78 is 6.65. The van der Waals surface area contributed by atoms with Gasteiger partial charge in [0.05, 0.1) is 17.9 Å². The van der Waals surface area contributed by atoms with Gasteiger partial charge in [-0.05, 0) is 31.0 Å². The predicted molar refractivity (Wildman–Crippen MR) is 87.4 cm³/mol. The molecular weight excluding hydrogens is 354 g/mol. The van der Waals surface area contributed by atoms with E-state index in [1.165, 1.54) is 11.3 Å². The van der Waals surface area contributed by atoms with Crippen LogP contribution in [0.1, 0.15) is 35.6 Å². The van der Waals surface area contributed by atoms with Gasteiger partial charge in [0.25, 0.3) is 0 Å². The summed E-state index contributed by atoms with van der Waals surface area (Å²) >= 11 is 4.63. The number of carboxylic acid groups (broad SMARTS) is 1. The summed E-state index contributed by atoms with van der Waals surface area (Å²) in [6, 6.07) is 5.69. The Hall–Kier alpha value is -1.40. The fourth-order valence-electron chi connectivity index (χ4n) is 1.88. The van der Waals surface area contributed by atoms with Gasteiger partial charge in [-0.3, -0.25) is 0 Å². The molecular formula is C15H16BrNO3S. The van der Waals surface area contributed by atoms with E-state index in [4.69, 9.17) is 4.74 Å². The van der Waals surface area contributed by atoms with Crippen LogP contribution in [0.15, 0.2) is 22.7 Å². The second-order valence-electron chi connectivity index (χ2n) is 4.44. The van der Waals surface area contributed by atoms with Gasteiger partial charge in [0.2, 0.25) is 0 Å². The number of ether oxygens (including phenoxy) is 1. The van der Waals surface area contributed by atoms with Crippen molar-refractivity contribution in [1.82, 2.24) is 4.98 Å². The molecule has 2 rings (SSSR count). The normalized spacial score (nSPS) is 10.6. The summed E-state index contributed by atoms with van der Waals surface area (Å²) in [5.41, 5.74) is 1.44. The van der Waals surface area contributed by atoms with Gasteiger partial charge in [-0.1, -0.05) is 29.8 Å². The van der Waals surface area contributed by atoms with Crippen LogP contribution in [0.2, 0.25) is 0 Å². The van der Waals surface area contributed by atoms with E-state index in [1.807, 2.05) is 32.0 Å². The summed E-state index contributed by atoms with van der Waals surface area (Å²) in [7, 11) is 0. The molecule has 0 amide bonds. The summed E-state index contributed by atoms with van der Waals surface area (Å²) in [6.07, 6.45) is 1.51. The minimum Gasteiger partial charge on any atom is -0.493 e. The van der Waals surface area contributed by atoms with Crippen LogP contribution in [-0.2, 0) is 6.42 Å². The molecule has 0 fully saturated rings. The largest absolute Gasteiger partial charge is 0.493 e. The highest BCUT2D eigenvalue weighted by Crippen LogP contribution is 2.36. The molecule has 21 heavy (non-hydrogen) atoms. The lowest BCUT2D eigenvalue weighted by atomic mass is 10.2. The molecule has 0 saturated heterocycles. The SMILES string of the molecule is CCCOc1ccc(Br)cc1-c1nc(CC)c(C(=O)O)s1. The molecule has 0 saturated carbocycles. The van der Waals surface area contributed by atoms with E-state index in [1.54, 1.807) is 0 Å². The molecule has 1 aromatic carbocycles. The highest BCUT2D eigenvalue weighted by molar-refractivity contribution is 9.10. The first-order chi connectivity index (χ1) is 10.1. The Morgan fingerprint density at radius 2 is 2.19 bits per heavy atom. The van der Waals surface area contributed by atoms with Gasteiger partial charge in [0.15, 0.2) is 0 Å². The predicted octanol–water partition coefficient (Wildman–Crippen LogP) is 4.62. The molecule has 4 nitrogen and oxygen atoms in total. The van der Waals surface area contributed by atoms with Crippen LogP contribution in [0, 0.1) is 0 Å². The Balaban J connectivity index is 2.49. The summed E-state index contributed by atoms with van der Waals surface area (Å²) in [6.45, 7) is 4.56. The van der Waals surface area contributed by atoms with Gasteiger partial charge in [0, 0.05) is 4.47 Å². The van der Waals surface area contributed by atoms with Crippen LogP contribution in [-0.4, -0.2) is 22.7 Å². The lowest BCUT2D eigenvalue weighted by molar-refractivity contribution is 0.0701. The maximum Gasteiger partial charge on any atom is 0.347 e. The molecule has 6 heteroatoms.